The van der Waals surface area contributed by atoms with Crippen molar-refractivity contribution in [2.75, 3.05) is 17.6 Å². The number of nitrogen functional groups attached to an aromatic ring is 1. The summed E-state index contributed by atoms with van der Waals surface area (Å²) in [7, 11) is 0. The molecular formula is C17H25BrClN3O2. The maximum absolute atomic E-state index is 12.0. The zero-order valence-corrected chi connectivity index (χ0v) is 16.3. The van der Waals surface area contributed by atoms with E-state index < -0.39 is 0 Å². The van der Waals surface area contributed by atoms with Crippen LogP contribution < -0.4 is 16.4 Å². The lowest BCUT2D eigenvalue weighted by molar-refractivity contribution is -0.124. The average Bonchev–Trinajstić information content (AvgIpc) is 3.01. The Morgan fingerprint density at radius 1 is 1.25 bits per heavy atom. The van der Waals surface area contributed by atoms with Crippen LogP contribution in [0, 0.1) is 12.8 Å². The van der Waals surface area contributed by atoms with Crippen LogP contribution in [0.5, 0.6) is 0 Å². The smallest absolute Gasteiger partial charge is 0.243 e. The summed E-state index contributed by atoms with van der Waals surface area (Å²) in [6.07, 6.45) is 6.44. The first kappa shape index (κ1) is 20.8. The first-order valence-electron chi connectivity index (χ1n) is 8.08. The second kappa shape index (κ2) is 9.89. The second-order valence-electron chi connectivity index (χ2n) is 6.20. The van der Waals surface area contributed by atoms with Gasteiger partial charge in [0, 0.05) is 10.9 Å². The van der Waals surface area contributed by atoms with Crippen LogP contribution in [-0.2, 0) is 9.59 Å². The number of anilines is 2. The minimum absolute atomic E-state index is 0. The highest BCUT2D eigenvalue weighted by atomic mass is 79.9. The minimum atomic E-state index is -0.275. The first-order chi connectivity index (χ1) is 11.0. The molecule has 134 valence electrons. The van der Waals surface area contributed by atoms with Gasteiger partial charge in [0.2, 0.25) is 11.8 Å². The predicted molar refractivity (Wildman–Crippen MR) is 103 cm³/mol. The van der Waals surface area contributed by atoms with Gasteiger partial charge in [-0.25, -0.2) is 0 Å². The van der Waals surface area contributed by atoms with Crippen LogP contribution in [0.1, 0.15) is 44.1 Å². The van der Waals surface area contributed by atoms with Gasteiger partial charge in [-0.15, -0.1) is 12.4 Å². The van der Waals surface area contributed by atoms with Crippen molar-refractivity contribution in [3.63, 3.8) is 0 Å². The van der Waals surface area contributed by atoms with Gasteiger partial charge in [0.1, 0.15) is 0 Å². The topological polar surface area (TPSA) is 84.2 Å². The highest BCUT2D eigenvalue weighted by molar-refractivity contribution is 9.10. The van der Waals surface area contributed by atoms with Crippen molar-refractivity contribution in [2.45, 2.75) is 45.4 Å². The van der Waals surface area contributed by atoms with Crippen LogP contribution in [0.2, 0.25) is 0 Å². The maximum Gasteiger partial charge on any atom is 0.243 e. The molecular weight excluding hydrogens is 394 g/mol. The number of nitrogens with one attached hydrogen (secondary N) is 2. The number of carbonyl (C=O) groups is 2. The van der Waals surface area contributed by atoms with Crippen LogP contribution in [0.15, 0.2) is 16.6 Å². The fourth-order valence-corrected chi connectivity index (χ4v) is 3.53. The molecule has 0 saturated heterocycles. The normalized spacial score (nSPS) is 14.1. The summed E-state index contributed by atoms with van der Waals surface area (Å²) >= 11 is 3.38. The Morgan fingerprint density at radius 2 is 1.92 bits per heavy atom. The van der Waals surface area contributed by atoms with Crippen molar-refractivity contribution in [3.05, 3.63) is 22.2 Å². The molecule has 1 aromatic carbocycles. The zero-order valence-electron chi connectivity index (χ0n) is 13.9. The molecule has 1 saturated carbocycles. The molecule has 2 rings (SSSR count). The first-order valence-corrected chi connectivity index (χ1v) is 8.87. The maximum atomic E-state index is 12.0. The summed E-state index contributed by atoms with van der Waals surface area (Å²) in [4.78, 5) is 23.8. The Bertz CT molecular complexity index is 589. The Hall–Kier alpha value is -1.27. The summed E-state index contributed by atoms with van der Waals surface area (Å²) in [6.45, 7) is 1.84. The number of amides is 2. The summed E-state index contributed by atoms with van der Waals surface area (Å²) in [5, 5.41) is 5.41. The third-order valence-electron chi connectivity index (χ3n) is 4.33. The molecule has 0 atom stereocenters. The Morgan fingerprint density at radius 3 is 2.58 bits per heavy atom. The Balaban J connectivity index is 0.00000288. The van der Waals surface area contributed by atoms with E-state index in [1.165, 1.54) is 25.7 Å². The van der Waals surface area contributed by atoms with Crippen LogP contribution in [0.3, 0.4) is 0 Å². The molecule has 0 unspecified atom stereocenters. The molecule has 2 amide bonds. The molecule has 0 bridgehead atoms. The molecule has 1 fully saturated rings. The molecule has 0 aliphatic heterocycles. The molecule has 1 aliphatic carbocycles. The SMILES string of the molecule is Cc1cc(Br)cc(NC(=O)CNC(=O)CCC2CCCC2)c1N.Cl. The predicted octanol–water partition coefficient (Wildman–Crippen LogP) is 3.79. The van der Waals surface area contributed by atoms with Crippen molar-refractivity contribution in [3.8, 4) is 0 Å². The fourth-order valence-electron chi connectivity index (χ4n) is 2.95. The molecule has 7 heteroatoms. The van der Waals surface area contributed by atoms with E-state index in [4.69, 9.17) is 5.73 Å². The van der Waals surface area contributed by atoms with E-state index in [2.05, 4.69) is 26.6 Å². The number of halogens is 2. The molecule has 1 aromatic rings. The van der Waals surface area contributed by atoms with Crippen molar-refractivity contribution >= 4 is 51.5 Å². The molecule has 0 radical (unpaired) electrons. The summed E-state index contributed by atoms with van der Waals surface area (Å²) in [6, 6.07) is 3.64. The number of hydrogen-bond donors (Lipinski definition) is 3. The molecule has 1 aliphatic rings. The second-order valence-corrected chi connectivity index (χ2v) is 7.11. The number of benzene rings is 1. The molecule has 5 nitrogen and oxygen atoms in total. The van der Waals surface area contributed by atoms with Gasteiger partial charge in [-0.1, -0.05) is 41.6 Å². The van der Waals surface area contributed by atoms with Crippen molar-refractivity contribution < 1.29 is 9.59 Å². The van der Waals surface area contributed by atoms with Gasteiger partial charge in [0.25, 0.3) is 0 Å². The van der Waals surface area contributed by atoms with E-state index in [0.29, 0.717) is 23.7 Å². The van der Waals surface area contributed by atoms with E-state index in [1.807, 2.05) is 13.0 Å². The van der Waals surface area contributed by atoms with Crippen molar-refractivity contribution in [1.82, 2.24) is 5.32 Å². The van der Waals surface area contributed by atoms with Gasteiger partial charge in [-0.3, -0.25) is 9.59 Å². The molecule has 0 aromatic heterocycles. The van der Waals surface area contributed by atoms with Crippen LogP contribution >= 0.6 is 28.3 Å². The summed E-state index contributed by atoms with van der Waals surface area (Å²) in [5.41, 5.74) is 7.93. The van der Waals surface area contributed by atoms with Crippen LogP contribution in [-0.4, -0.2) is 18.4 Å². The van der Waals surface area contributed by atoms with Gasteiger partial charge in [-0.2, -0.15) is 0 Å². The lowest BCUT2D eigenvalue weighted by Gasteiger charge is -2.12. The third-order valence-corrected chi connectivity index (χ3v) is 4.78. The van der Waals surface area contributed by atoms with Gasteiger partial charge in [0.15, 0.2) is 0 Å². The largest absolute Gasteiger partial charge is 0.397 e. The van der Waals surface area contributed by atoms with Crippen molar-refractivity contribution in [1.29, 1.82) is 0 Å². The highest BCUT2D eigenvalue weighted by Crippen LogP contribution is 2.28. The van der Waals surface area contributed by atoms with E-state index in [9.17, 15) is 9.59 Å². The number of nitrogens with two attached hydrogens (primary N) is 1. The van der Waals surface area contributed by atoms with Gasteiger partial charge < -0.3 is 16.4 Å². The molecule has 24 heavy (non-hydrogen) atoms. The van der Waals surface area contributed by atoms with Crippen LogP contribution in [0.4, 0.5) is 11.4 Å². The lowest BCUT2D eigenvalue weighted by atomic mass is 10.0. The van der Waals surface area contributed by atoms with Crippen LogP contribution in [0.25, 0.3) is 0 Å². The number of aryl methyl sites for hydroxylation is 1. The Labute approximate surface area is 157 Å². The van der Waals surface area contributed by atoms with E-state index >= 15 is 0 Å². The number of carbonyl (C=O) groups excluding carboxylic acids is 2. The quantitative estimate of drug-likeness (QED) is 0.615. The van der Waals surface area contributed by atoms with E-state index in [-0.39, 0.29) is 30.8 Å². The van der Waals surface area contributed by atoms with Gasteiger partial charge in [0.05, 0.1) is 17.9 Å². The third kappa shape index (κ3) is 6.32. The Kier molecular flexibility index (Phi) is 8.56. The lowest BCUT2D eigenvalue weighted by Crippen LogP contribution is -2.33. The van der Waals surface area contributed by atoms with Gasteiger partial charge >= 0.3 is 0 Å². The fraction of sp³-hybridized carbons (Fsp3) is 0.529. The monoisotopic (exact) mass is 417 g/mol. The van der Waals surface area contributed by atoms with E-state index in [1.54, 1.807) is 6.07 Å². The molecule has 4 N–H and O–H groups in total. The standard InChI is InChI=1S/C17H24BrN3O2.ClH/c1-11-8-13(18)9-14(17(11)19)21-16(23)10-20-15(22)7-6-12-4-2-3-5-12;/h8-9,12H,2-7,10,19H2,1H3,(H,20,22)(H,21,23);1H. The minimum Gasteiger partial charge on any atom is -0.397 e. The summed E-state index contributed by atoms with van der Waals surface area (Å²) in [5.74, 6) is 0.341. The number of hydrogen-bond acceptors (Lipinski definition) is 3. The summed E-state index contributed by atoms with van der Waals surface area (Å²) < 4.78 is 0.847. The van der Waals surface area contributed by atoms with Gasteiger partial charge in [-0.05, 0) is 37.0 Å². The molecule has 0 spiro atoms. The van der Waals surface area contributed by atoms with Crippen molar-refractivity contribution in [2.24, 2.45) is 5.92 Å². The zero-order chi connectivity index (χ0) is 16.8. The molecule has 0 heterocycles. The average molecular weight is 419 g/mol. The van der Waals surface area contributed by atoms with E-state index in [0.717, 1.165) is 16.5 Å². The number of rotatable bonds is 6. The highest BCUT2D eigenvalue weighted by Gasteiger charge is 2.16.